The molecule has 260 valence electrons. The van der Waals surface area contributed by atoms with Gasteiger partial charge in [-0.3, -0.25) is 4.98 Å². The molecule has 2 heterocycles. The molecular formula is C51H31N5. The molecule has 8 aromatic carbocycles. The molecule has 2 aromatic heterocycles. The van der Waals surface area contributed by atoms with E-state index in [2.05, 4.69) is 95.8 Å². The van der Waals surface area contributed by atoms with Gasteiger partial charge >= 0.3 is 0 Å². The summed E-state index contributed by atoms with van der Waals surface area (Å²) in [4.78, 5) is 23.4. The number of pyridine rings is 1. The van der Waals surface area contributed by atoms with E-state index in [4.69, 9.17) is 26.5 Å². The van der Waals surface area contributed by atoms with E-state index < -0.39 is 0 Å². The zero-order valence-corrected chi connectivity index (χ0v) is 30.1. The fourth-order valence-electron chi connectivity index (χ4n) is 7.62. The fraction of sp³-hybridized carbons (Fsp3) is 0. The number of aromatic nitrogens is 4. The zero-order chi connectivity index (χ0) is 37.4. The second-order valence-corrected chi connectivity index (χ2v) is 13.7. The van der Waals surface area contributed by atoms with Crippen LogP contribution in [0.5, 0.6) is 0 Å². The van der Waals surface area contributed by atoms with Crippen LogP contribution in [-0.2, 0) is 0 Å². The lowest BCUT2D eigenvalue weighted by Gasteiger charge is -2.16. The van der Waals surface area contributed by atoms with E-state index in [1.165, 1.54) is 10.8 Å². The van der Waals surface area contributed by atoms with E-state index in [0.717, 1.165) is 71.7 Å². The lowest BCUT2D eigenvalue weighted by atomic mass is 9.88. The van der Waals surface area contributed by atoms with Crippen molar-refractivity contribution in [2.75, 3.05) is 0 Å². The highest BCUT2D eigenvalue weighted by atomic mass is 15.0. The second-order valence-electron chi connectivity index (χ2n) is 13.7. The quantitative estimate of drug-likeness (QED) is 0.127. The van der Waals surface area contributed by atoms with Gasteiger partial charge in [-0.15, -0.1) is 0 Å². The van der Waals surface area contributed by atoms with Crippen LogP contribution in [0.25, 0.3) is 105 Å². The fourth-order valence-corrected chi connectivity index (χ4v) is 7.62. The summed E-state index contributed by atoms with van der Waals surface area (Å²) in [5, 5.41) is 5.75. The highest BCUT2D eigenvalue weighted by molar-refractivity contribution is 6.23. The molecule has 0 fully saturated rings. The first-order chi connectivity index (χ1) is 27.7. The van der Waals surface area contributed by atoms with Crippen LogP contribution in [0.1, 0.15) is 0 Å². The molecule has 0 aliphatic carbocycles. The van der Waals surface area contributed by atoms with Gasteiger partial charge < -0.3 is 0 Å². The molecule has 5 nitrogen and oxygen atoms in total. The minimum absolute atomic E-state index is 0.621. The van der Waals surface area contributed by atoms with Crippen molar-refractivity contribution in [3.63, 3.8) is 0 Å². The maximum atomic E-state index is 7.29. The van der Waals surface area contributed by atoms with Crippen molar-refractivity contribution in [1.82, 2.24) is 19.9 Å². The molecule has 0 saturated heterocycles. The van der Waals surface area contributed by atoms with Crippen LogP contribution < -0.4 is 0 Å². The minimum Gasteiger partial charge on any atom is -0.256 e. The Hall–Kier alpha value is -7.81. The average molecular weight is 714 g/mol. The molecule has 0 amide bonds. The highest BCUT2D eigenvalue weighted by Gasteiger charge is 2.17. The van der Waals surface area contributed by atoms with Crippen LogP contribution >= 0.6 is 0 Å². The first kappa shape index (κ1) is 32.8. The SMILES string of the molecule is [C-]#[N+]c1ccc(-c2ccc(-c3cc4c5ccccc5c(-c5cccc(-c6nc(-c7ccccc7)nc(-c7ccccc7)n6)c5)cc4c4cccnc34)cc2)cc1. The summed E-state index contributed by atoms with van der Waals surface area (Å²) in [6, 6.07) is 62.5. The van der Waals surface area contributed by atoms with Crippen molar-refractivity contribution < 1.29 is 0 Å². The summed E-state index contributed by atoms with van der Waals surface area (Å²) in [6.07, 6.45) is 1.87. The van der Waals surface area contributed by atoms with Crippen LogP contribution in [0.2, 0.25) is 0 Å². The molecule has 56 heavy (non-hydrogen) atoms. The van der Waals surface area contributed by atoms with Gasteiger partial charge in [-0.25, -0.2) is 19.8 Å². The summed E-state index contributed by atoms with van der Waals surface area (Å²) in [5.41, 5.74) is 10.9. The van der Waals surface area contributed by atoms with Crippen molar-refractivity contribution in [2.45, 2.75) is 0 Å². The highest BCUT2D eigenvalue weighted by Crippen LogP contribution is 2.42. The van der Waals surface area contributed by atoms with Crippen LogP contribution in [0.4, 0.5) is 5.69 Å². The molecule has 0 unspecified atom stereocenters. The van der Waals surface area contributed by atoms with Gasteiger partial charge in [0.15, 0.2) is 23.2 Å². The van der Waals surface area contributed by atoms with Crippen LogP contribution in [0.15, 0.2) is 188 Å². The topological polar surface area (TPSA) is 55.9 Å². The van der Waals surface area contributed by atoms with Crippen molar-refractivity contribution >= 4 is 38.1 Å². The van der Waals surface area contributed by atoms with E-state index in [0.29, 0.717) is 23.2 Å². The number of hydrogen-bond acceptors (Lipinski definition) is 4. The number of nitrogens with zero attached hydrogens (tertiary/aromatic N) is 5. The lowest BCUT2D eigenvalue weighted by Crippen LogP contribution is -2.00. The van der Waals surface area contributed by atoms with Gasteiger partial charge in [0, 0.05) is 33.8 Å². The van der Waals surface area contributed by atoms with E-state index in [-0.39, 0.29) is 0 Å². The van der Waals surface area contributed by atoms with Crippen LogP contribution in [0, 0.1) is 6.57 Å². The molecule has 0 aliphatic heterocycles. The molecule has 10 rings (SSSR count). The Morgan fingerprint density at radius 1 is 0.339 bits per heavy atom. The van der Waals surface area contributed by atoms with Gasteiger partial charge in [-0.2, -0.15) is 0 Å². The standard InChI is InChI=1S/C51H31N5/c1-52-40-27-25-34(26-28-40)33-21-23-35(24-22-33)45-32-46-42-19-9-8-18-41(42)44(31-47(46)43-20-11-29-53-48(43)45)38-16-10-17-39(30-38)51-55-49(36-12-4-2-5-13-36)54-50(56-51)37-14-6-3-7-15-37/h2-32H. The third-order valence-corrected chi connectivity index (χ3v) is 10.4. The minimum atomic E-state index is 0.621. The summed E-state index contributed by atoms with van der Waals surface area (Å²) >= 11 is 0. The van der Waals surface area contributed by atoms with Crippen molar-refractivity contribution in [3.8, 4) is 67.5 Å². The van der Waals surface area contributed by atoms with Gasteiger partial charge in [0.1, 0.15) is 0 Å². The number of hydrogen-bond donors (Lipinski definition) is 0. The van der Waals surface area contributed by atoms with Gasteiger partial charge in [-0.1, -0.05) is 158 Å². The van der Waals surface area contributed by atoms with Crippen molar-refractivity contribution in [3.05, 3.63) is 200 Å². The third-order valence-electron chi connectivity index (χ3n) is 10.4. The Balaban J connectivity index is 1.12. The van der Waals surface area contributed by atoms with Gasteiger partial charge in [-0.05, 0) is 73.6 Å². The Morgan fingerprint density at radius 2 is 0.839 bits per heavy atom. The molecule has 10 aromatic rings. The summed E-state index contributed by atoms with van der Waals surface area (Å²) < 4.78 is 0. The van der Waals surface area contributed by atoms with Crippen molar-refractivity contribution in [1.29, 1.82) is 0 Å². The Labute approximate surface area is 324 Å². The van der Waals surface area contributed by atoms with Gasteiger partial charge in [0.25, 0.3) is 0 Å². The van der Waals surface area contributed by atoms with E-state index >= 15 is 0 Å². The summed E-state index contributed by atoms with van der Waals surface area (Å²) in [5.74, 6) is 1.89. The number of fused-ring (bicyclic) bond motifs is 5. The van der Waals surface area contributed by atoms with E-state index in [1.54, 1.807) is 0 Å². The summed E-state index contributed by atoms with van der Waals surface area (Å²) in [7, 11) is 0. The van der Waals surface area contributed by atoms with E-state index in [9.17, 15) is 0 Å². The maximum absolute atomic E-state index is 7.29. The number of benzene rings is 8. The average Bonchev–Trinajstić information content (AvgIpc) is 3.29. The molecular weight excluding hydrogens is 683 g/mol. The summed E-state index contributed by atoms with van der Waals surface area (Å²) in [6.45, 7) is 7.29. The Kier molecular flexibility index (Phi) is 8.13. The maximum Gasteiger partial charge on any atom is 0.187 e. The van der Waals surface area contributed by atoms with Crippen LogP contribution in [-0.4, -0.2) is 19.9 Å². The largest absolute Gasteiger partial charge is 0.256 e. The van der Waals surface area contributed by atoms with Gasteiger partial charge in [0.2, 0.25) is 0 Å². The third kappa shape index (κ3) is 5.92. The monoisotopic (exact) mass is 713 g/mol. The molecule has 0 radical (unpaired) electrons. The molecule has 0 spiro atoms. The smallest absolute Gasteiger partial charge is 0.187 e. The molecule has 5 heteroatoms. The molecule has 0 aliphatic rings. The van der Waals surface area contributed by atoms with Crippen molar-refractivity contribution in [2.24, 2.45) is 0 Å². The predicted octanol–water partition coefficient (Wildman–Crippen LogP) is 13.3. The molecule has 0 bridgehead atoms. The van der Waals surface area contributed by atoms with E-state index in [1.807, 2.05) is 97.2 Å². The molecule has 0 atom stereocenters. The molecule has 0 N–H and O–H groups in total. The first-order valence-corrected chi connectivity index (χ1v) is 18.5. The first-order valence-electron chi connectivity index (χ1n) is 18.5. The molecule has 0 saturated carbocycles. The zero-order valence-electron chi connectivity index (χ0n) is 30.1. The lowest BCUT2D eigenvalue weighted by molar-refractivity contribution is 1.07. The predicted molar refractivity (Wildman–Crippen MR) is 229 cm³/mol. The normalized spacial score (nSPS) is 11.2. The Bertz CT molecular complexity index is 3060. The van der Waals surface area contributed by atoms with Crippen LogP contribution in [0.3, 0.4) is 0 Å². The second kappa shape index (κ2) is 13.9. The van der Waals surface area contributed by atoms with Gasteiger partial charge in [0.05, 0.1) is 12.1 Å². The Morgan fingerprint density at radius 3 is 1.50 bits per heavy atom. The number of rotatable bonds is 6.